The Labute approximate surface area is 212 Å². The number of nitrogens with zero attached hydrogens (tertiary/aromatic N) is 1. The summed E-state index contributed by atoms with van der Waals surface area (Å²) in [5, 5.41) is 11.5. The van der Waals surface area contributed by atoms with E-state index in [4.69, 9.17) is 0 Å². The number of hydrogen-bond acceptors (Lipinski definition) is 4. The molecule has 0 fully saturated rings. The third-order valence-corrected chi connectivity index (χ3v) is 5.60. The van der Waals surface area contributed by atoms with E-state index in [0.29, 0.717) is 4.73 Å². The summed E-state index contributed by atoms with van der Waals surface area (Å²) in [5.41, 5.74) is 2.21. The quantitative estimate of drug-likeness (QED) is 0.229. The van der Waals surface area contributed by atoms with Crippen molar-refractivity contribution in [3.63, 3.8) is 0 Å². The number of pyridine rings is 1. The van der Waals surface area contributed by atoms with E-state index < -0.39 is 15.8 Å². The summed E-state index contributed by atoms with van der Waals surface area (Å²) in [6.07, 6.45) is 2.43. The van der Waals surface area contributed by atoms with Gasteiger partial charge >= 0.3 is 0 Å². The minimum atomic E-state index is -3.86. The molecule has 0 aliphatic carbocycles. The molecular weight excluding hydrogens is 460 g/mol. The van der Waals surface area contributed by atoms with Crippen LogP contribution in [0.4, 0.5) is 5.69 Å². The van der Waals surface area contributed by atoms with Gasteiger partial charge in [-0.3, -0.25) is 9.52 Å². The summed E-state index contributed by atoms with van der Waals surface area (Å²) >= 11 is 0. The van der Waals surface area contributed by atoms with Crippen molar-refractivity contribution < 1.29 is 17.9 Å². The molecule has 7 heteroatoms. The molecule has 3 rings (SSSR count). The molecule has 0 amide bonds. The van der Waals surface area contributed by atoms with E-state index in [1.165, 1.54) is 30.5 Å². The fourth-order valence-electron chi connectivity index (χ4n) is 2.64. The molecule has 0 aliphatic heterocycles. The van der Waals surface area contributed by atoms with E-state index >= 15 is 0 Å². The largest absolute Gasteiger partial charge is 0.619 e. The first kappa shape index (κ1) is 34.0. The van der Waals surface area contributed by atoms with Crippen LogP contribution in [0.25, 0.3) is 0 Å². The Morgan fingerprint density at radius 3 is 1.83 bits per heavy atom. The van der Waals surface area contributed by atoms with Crippen LogP contribution >= 0.6 is 0 Å². The van der Waals surface area contributed by atoms with Crippen molar-refractivity contribution in [2.45, 2.75) is 74.1 Å². The van der Waals surface area contributed by atoms with Gasteiger partial charge in [0.15, 0.2) is 12.4 Å². The zero-order chi connectivity index (χ0) is 27.6. The van der Waals surface area contributed by atoms with Gasteiger partial charge in [0.25, 0.3) is 10.0 Å². The molecule has 194 valence electrons. The number of hydrogen-bond donors (Lipinski definition) is 1. The lowest BCUT2D eigenvalue weighted by Crippen LogP contribution is -2.26. The van der Waals surface area contributed by atoms with E-state index in [2.05, 4.69) is 4.72 Å². The molecule has 1 aromatic heterocycles. The van der Waals surface area contributed by atoms with E-state index in [1.54, 1.807) is 30.3 Å². The third kappa shape index (κ3) is 10.3. The molecule has 0 spiro atoms. The lowest BCUT2D eigenvalue weighted by Gasteiger charge is -2.14. The maximum Gasteiger partial charge on any atom is 0.261 e. The molecule has 2 aromatic carbocycles. The third-order valence-electron chi connectivity index (χ3n) is 4.21. The van der Waals surface area contributed by atoms with Gasteiger partial charge in [-0.1, -0.05) is 73.6 Å². The number of anilines is 1. The van der Waals surface area contributed by atoms with E-state index in [0.717, 1.165) is 17.3 Å². The summed E-state index contributed by atoms with van der Waals surface area (Å²) in [4.78, 5) is 13.0. The van der Waals surface area contributed by atoms with Crippen molar-refractivity contribution in [1.29, 1.82) is 0 Å². The summed E-state index contributed by atoms with van der Waals surface area (Å²) in [5.74, 6) is -0.436. The molecule has 1 N–H and O–H groups in total. The molecule has 0 saturated heterocycles. The predicted octanol–water partition coefficient (Wildman–Crippen LogP) is 7.07. The van der Waals surface area contributed by atoms with Gasteiger partial charge < -0.3 is 5.21 Å². The number of nitrogens with one attached hydrogen (secondary N) is 1. The van der Waals surface area contributed by atoms with Crippen LogP contribution in [0.15, 0.2) is 71.9 Å². The number of rotatable bonds is 5. The van der Waals surface area contributed by atoms with Gasteiger partial charge in [-0.15, -0.1) is 0 Å². The summed E-state index contributed by atoms with van der Waals surface area (Å²) in [6, 6.07) is 14.1. The van der Waals surface area contributed by atoms with Crippen molar-refractivity contribution in [2.24, 2.45) is 0 Å². The fraction of sp³-hybridized carbons (Fsp3) is 0.357. The molecule has 3 aromatic rings. The summed E-state index contributed by atoms with van der Waals surface area (Å²) in [7, 11) is -3.86. The Hall–Kier alpha value is -3.19. The second kappa shape index (κ2) is 18.2. The maximum atomic E-state index is 12.9. The molecule has 0 aliphatic rings. The first-order valence-electron chi connectivity index (χ1n) is 12.2. The van der Waals surface area contributed by atoms with Crippen molar-refractivity contribution in [1.82, 2.24) is 0 Å². The lowest BCUT2D eigenvalue weighted by atomic mass is 9.98. The molecule has 35 heavy (non-hydrogen) atoms. The van der Waals surface area contributed by atoms with E-state index in [1.807, 2.05) is 69.2 Å². The average molecular weight is 503 g/mol. The minimum Gasteiger partial charge on any atom is -0.619 e. The first-order chi connectivity index (χ1) is 16.8. The van der Waals surface area contributed by atoms with E-state index in [-0.39, 0.29) is 21.7 Å². The zero-order valence-electron chi connectivity index (χ0n) is 22.8. The van der Waals surface area contributed by atoms with Gasteiger partial charge in [-0.2, -0.15) is 4.73 Å². The van der Waals surface area contributed by atoms with Crippen LogP contribution in [-0.2, 0) is 10.0 Å². The Balaban J connectivity index is 0. The van der Waals surface area contributed by atoms with Gasteiger partial charge in [-0.25, -0.2) is 8.42 Å². The SMILES string of the molecule is CC.CC.CC.CC.Cc1cc(NS(=O)(=O)c2ccccc2)c(C(=O)c2ccc[n+]([O-])c2)cc1C. The molecule has 0 unspecified atom stereocenters. The highest BCUT2D eigenvalue weighted by molar-refractivity contribution is 7.92. The van der Waals surface area contributed by atoms with Gasteiger partial charge in [0.05, 0.1) is 16.1 Å². The highest BCUT2D eigenvalue weighted by atomic mass is 32.2. The summed E-state index contributed by atoms with van der Waals surface area (Å²) in [6.45, 7) is 19.7. The Kier molecular flexibility index (Phi) is 17.6. The minimum absolute atomic E-state index is 0.0961. The van der Waals surface area contributed by atoms with Crippen LogP contribution in [-0.4, -0.2) is 14.2 Å². The topological polar surface area (TPSA) is 90.2 Å². The molecule has 0 radical (unpaired) electrons. The number of ketones is 1. The number of sulfonamides is 1. The van der Waals surface area contributed by atoms with Gasteiger partial charge in [0, 0.05) is 11.6 Å². The molecule has 0 bridgehead atoms. The number of carbonyl (C=O) groups is 1. The molecule has 0 atom stereocenters. The van der Waals surface area contributed by atoms with Crippen LogP contribution < -0.4 is 9.45 Å². The van der Waals surface area contributed by atoms with Gasteiger partial charge in [0.1, 0.15) is 0 Å². The Morgan fingerprint density at radius 1 is 0.800 bits per heavy atom. The van der Waals surface area contributed by atoms with Crippen LogP contribution in [0.3, 0.4) is 0 Å². The smallest absolute Gasteiger partial charge is 0.261 e. The molecule has 6 nitrogen and oxygen atoms in total. The van der Waals surface area contributed by atoms with Crippen LogP contribution in [0.5, 0.6) is 0 Å². The second-order valence-electron chi connectivity index (χ2n) is 6.18. The standard InChI is InChI=1S/C20H18N2O4S.4C2H6/c1-14-11-18(20(23)16-7-6-10-22(24)13-16)19(12-15(14)2)21-27(25,26)17-8-4-3-5-9-17;4*1-2/h3-13,21H,1-2H3;4*1-2H3. The average Bonchev–Trinajstić information content (AvgIpc) is 2.91. The monoisotopic (exact) mass is 502 g/mol. The molecule has 0 saturated carbocycles. The molecular formula is C28H42N2O4S. The number of carbonyl (C=O) groups excluding carboxylic acids is 1. The second-order valence-corrected chi connectivity index (χ2v) is 7.86. The van der Waals surface area contributed by atoms with Crippen molar-refractivity contribution in [3.8, 4) is 0 Å². The summed E-state index contributed by atoms with van der Waals surface area (Å²) < 4.78 is 28.4. The van der Waals surface area contributed by atoms with Crippen molar-refractivity contribution in [2.75, 3.05) is 4.72 Å². The number of aryl methyl sites for hydroxylation is 2. The highest BCUT2D eigenvalue weighted by Crippen LogP contribution is 2.26. The lowest BCUT2D eigenvalue weighted by molar-refractivity contribution is -0.605. The normalized spacial score (nSPS) is 9.31. The number of aromatic nitrogens is 1. The maximum absolute atomic E-state index is 12.9. The predicted molar refractivity (Wildman–Crippen MR) is 147 cm³/mol. The van der Waals surface area contributed by atoms with Crippen LogP contribution in [0.2, 0.25) is 0 Å². The van der Waals surface area contributed by atoms with Crippen molar-refractivity contribution in [3.05, 3.63) is 94.5 Å². The molecule has 1 heterocycles. The van der Waals surface area contributed by atoms with Gasteiger partial charge in [0.2, 0.25) is 5.78 Å². The highest BCUT2D eigenvalue weighted by Gasteiger charge is 2.21. The fourth-order valence-corrected chi connectivity index (χ4v) is 3.73. The first-order valence-corrected chi connectivity index (χ1v) is 13.7. The van der Waals surface area contributed by atoms with Crippen molar-refractivity contribution >= 4 is 21.5 Å². The van der Waals surface area contributed by atoms with Crippen LogP contribution in [0.1, 0.15) is 82.4 Å². The Morgan fingerprint density at radius 2 is 1.31 bits per heavy atom. The Bertz CT molecular complexity index is 1110. The number of benzene rings is 2. The zero-order valence-corrected chi connectivity index (χ0v) is 23.7. The van der Waals surface area contributed by atoms with Crippen LogP contribution in [0, 0.1) is 19.1 Å². The van der Waals surface area contributed by atoms with Gasteiger partial charge in [-0.05, 0) is 55.3 Å². The van der Waals surface area contributed by atoms with E-state index in [9.17, 15) is 18.4 Å².